The van der Waals surface area contributed by atoms with E-state index in [1.54, 1.807) is 23.2 Å². The zero-order valence-corrected chi connectivity index (χ0v) is 27.5. The molecule has 0 aromatic heterocycles. The molecular formula is C34H36BrClN2O8. The van der Waals surface area contributed by atoms with Gasteiger partial charge in [0.25, 0.3) is 6.35 Å². The lowest BCUT2D eigenvalue weighted by atomic mass is 9.96. The van der Waals surface area contributed by atoms with Crippen LogP contribution in [0.15, 0.2) is 95.7 Å². The molecule has 4 atom stereocenters. The van der Waals surface area contributed by atoms with Crippen LogP contribution < -0.4 is 0 Å². The number of halogens is 2. The highest BCUT2D eigenvalue weighted by atomic mass is 79.9. The molecule has 0 spiro atoms. The minimum absolute atomic E-state index is 0.236. The number of aliphatic hydroxyl groups is 1. The van der Waals surface area contributed by atoms with Crippen molar-refractivity contribution in [1.82, 2.24) is 9.80 Å². The van der Waals surface area contributed by atoms with Crippen molar-refractivity contribution in [2.75, 3.05) is 6.54 Å². The molecule has 0 aliphatic carbocycles. The van der Waals surface area contributed by atoms with Gasteiger partial charge in [0.15, 0.2) is 5.60 Å². The number of carboxylic acids is 2. The standard InChI is InChI=1S/C34H36BrClN2O8/c1-2-6-28(24-11-13-26(35)14-12-24)38-18-17-37(33(38)46-31(41)20-34(44,32(42)43)19-30(39)40)21-29(25-7-4-3-5-8-25)45-22-23-9-15-27(36)16-10-23/h3-5,7-18,28-29,33,44H,2,6,19-22H2,1H3,(H,39,40)(H,42,43). The molecule has 46 heavy (non-hydrogen) atoms. The van der Waals surface area contributed by atoms with Gasteiger partial charge in [-0.05, 0) is 47.4 Å². The van der Waals surface area contributed by atoms with E-state index >= 15 is 0 Å². The predicted octanol–water partition coefficient (Wildman–Crippen LogP) is 6.50. The summed E-state index contributed by atoms with van der Waals surface area (Å²) < 4.78 is 13.2. The van der Waals surface area contributed by atoms with Crippen LogP contribution in [-0.2, 0) is 30.5 Å². The Labute approximate surface area is 280 Å². The van der Waals surface area contributed by atoms with Gasteiger partial charge in [-0.15, -0.1) is 0 Å². The van der Waals surface area contributed by atoms with Crippen LogP contribution in [0.2, 0.25) is 5.02 Å². The van der Waals surface area contributed by atoms with Crippen molar-refractivity contribution in [3.63, 3.8) is 0 Å². The van der Waals surface area contributed by atoms with E-state index in [4.69, 9.17) is 21.1 Å². The maximum atomic E-state index is 13.3. The molecule has 4 unspecified atom stereocenters. The van der Waals surface area contributed by atoms with Crippen molar-refractivity contribution in [2.45, 2.75) is 63.3 Å². The molecule has 0 fully saturated rings. The number of ether oxygens (including phenoxy) is 2. The molecule has 0 radical (unpaired) electrons. The van der Waals surface area contributed by atoms with Gasteiger partial charge in [-0.25, -0.2) is 4.79 Å². The van der Waals surface area contributed by atoms with Gasteiger partial charge >= 0.3 is 17.9 Å². The lowest BCUT2D eigenvalue weighted by Crippen LogP contribution is -2.48. The second-order valence-corrected chi connectivity index (χ2v) is 12.4. The summed E-state index contributed by atoms with van der Waals surface area (Å²) in [5.74, 6) is -4.46. The molecule has 3 aromatic rings. The molecular weight excluding hydrogens is 680 g/mol. The molecule has 10 nitrogen and oxygen atoms in total. The van der Waals surface area contributed by atoms with Crippen LogP contribution in [0.25, 0.3) is 0 Å². The third kappa shape index (κ3) is 9.32. The summed E-state index contributed by atoms with van der Waals surface area (Å²) in [6.07, 6.45) is 1.33. The minimum atomic E-state index is -2.84. The molecule has 3 aromatic carbocycles. The Morgan fingerprint density at radius 3 is 2.22 bits per heavy atom. The average Bonchev–Trinajstić information content (AvgIpc) is 3.40. The quantitative estimate of drug-likeness (QED) is 0.141. The molecule has 0 saturated carbocycles. The first kappa shape index (κ1) is 35.0. The number of hydrogen-bond donors (Lipinski definition) is 3. The molecule has 1 aliphatic rings. The van der Waals surface area contributed by atoms with E-state index in [0.29, 0.717) is 11.4 Å². The third-order valence-corrected chi connectivity index (χ3v) is 8.35. The number of carboxylic acid groups (broad SMARTS) is 2. The van der Waals surface area contributed by atoms with Crippen molar-refractivity contribution in [3.8, 4) is 0 Å². The van der Waals surface area contributed by atoms with Crippen LogP contribution in [0.4, 0.5) is 0 Å². The summed E-state index contributed by atoms with van der Waals surface area (Å²) >= 11 is 9.53. The lowest BCUT2D eigenvalue weighted by molar-refractivity contribution is -0.186. The fourth-order valence-corrected chi connectivity index (χ4v) is 5.61. The van der Waals surface area contributed by atoms with Gasteiger partial charge in [0.2, 0.25) is 0 Å². The van der Waals surface area contributed by atoms with Crippen molar-refractivity contribution in [1.29, 1.82) is 0 Å². The van der Waals surface area contributed by atoms with Crippen LogP contribution in [0, 0.1) is 0 Å². The van der Waals surface area contributed by atoms with Gasteiger partial charge in [-0.1, -0.05) is 95.5 Å². The fourth-order valence-electron chi connectivity index (χ4n) is 5.22. The number of carbonyl (C=O) groups excluding carboxylic acids is 1. The summed E-state index contributed by atoms with van der Waals surface area (Å²) in [5, 5.41) is 29.9. The van der Waals surface area contributed by atoms with Gasteiger partial charge in [0.1, 0.15) is 6.10 Å². The van der Waals surface area contributed by atoms with Crippen LogP contribution in [0.1, 0.15) is 61.4 Å². The van der Waals surface area contributed by atoms with Crippen LogP contribution in [0.5, 0.6) is 0 Å². The third-order valence-electron chi connectivity index (χ3n) is 7.57. The molecule has 244 valence electrons. The molecule has 1 heterocycles. The van der Waals surface area contributed by atoms with Crippen molar-refractivity contribution in [3.05, 3.63) is 117 Å². The smallest absolute Gasteiger partial charge is 0.336 e. The number of nitrogens with zero attached hydrogens (tertiary/aromatic N) is 2. The summed E-state index contributed by atoms with van der Waals surface area (Å²) in [7, 11) is 0. The molecule has 4 rings (SSSR count). The Morgan fingerprint density at radius 2 is 1.61 bits per heavy atom. The van der Waals surface area contributed by atoms with Crippen LogP contribution in [0.3, 0.4) is 0 Å². The maximum Gasteiger partial charge on any atom is 0.336 e. The van der Waals surface area contributed by atoms with E-state index in [9.17, 15) is 29.7 Å². The Bertz CT molecular complexity index is 1510. The second-order valence-electron chi connectivity index (χ2n) is 11.0. The van der Waals surface area contributed by atoms with E-state index < -0.39 is 48.8 Å². The van der Waals surface area contributed by atoms with Crippen molar-refractivity contribution < 1.29 is 39.2 Å². The molecule has 1 aliphatic heterocycles. The zero-order chi connectivity index (χ0) is 33.3. The predicted molar refractivity (Wildman–Crippen MR) is 174 cm³/mol. The highest BCUT2D eigenvalue weighted by Gasteiger charge is 2.43. The van der Waals surface area contributed by atoms with E-state index in [0.717, 1.165) is 27.6 Å². The molecule has 12 heteroatoms. The number of rotatable bonds is 16. The molecule has 3 N–H and O–H groups in total. The van der Waals surface area contributed by atoms with Crippen molar-refractivity contribution in [2.24, 2.45) is 0 Å². The molecule has 0 saturated heterocycles. The van der Waals surface area contributed by atoms with Crippen LogP contribution in [-0.4, -0.2) is 61.5 Å². The molecule has 0 bridgehead atoms. The number of benzene rings is 3. The van der Waals surface area contributed by atoms with Crippen LogP contribution >= 0.6 is 27.5 Å². The van der Waals surface area contributed by atoms with E-state index in [1.165, 1.54) is 0 Å². The monoisotopic (exact) mass is 714 g/mol. The lowest BCUT2D eigenvalue weighted by Gasteiger charge is -2.38. The maximum absolute atomic E-state index is 13.3. The number of carbonyl (C=O) groups is 3. The Hall–Kier alpha value is -3.90. The van der Waals surface area contributed by atoms with E-state index in [-0.39, 0.29) is 19.2 Å². The van der Waals surface area contributed by atoms with Gasteiger partial charge in [-0.3, -0.25) is 9.59 Å². The Balaban J connectivity index is 1.64. The summed E-state index contributed by atoms with van der Waals surface area (Å²) in [6, 6.07) is 24.4. The number of hydrogen-bond acceptors (Lipinski definition) is 8. The number of esters is 1. The van der Waals surface area contributed by atoms with Gasteiger partial charge in [-0.2, -0.15) is 0 Å². The highest BCUT2D eigenvalue weighted by molar-refractivity contribution is 9.10. The SMILES string of the molecule is CCCC(c1ccc(Br)cc1)N1C=CN(CC(OCc2ccc(Cl)cc2)c2ccccc2)C1OC(=O)CC(O)(CC(=O)O)C(=O)O. The first-order chi connectivity index (χ1) is 22.0. The minimum Gasteiger partial charge on any atom is -0.481 e. The highest BCUT2D eigenvalue weighted by Crippen LogP contribution is 2.35. The zero-order valence-electron chi connectivity index (χ0n) is 25.2. The average molecular weight is 716 g/mol. The van der Waals surface area contributed by atoms with E-state index in [1.807, 2.05) is 84.8 Å². The van der Waals surface area contributed by atoms with Crippen molar-refractivity contribution >= 4 is 45.4 Å². The first-order valence-corrected chi connectivity index (χ1v) is 15.9. The second kappa shape index (κ2) is 16.1. The normalized spacial score (nSPS) is 16.9. The fraction of sp³-hybridized carbons (Fsp3) is 0.324. The van der Waals surface area contributed by atoms with Gasteiger partial charge in [0.05, 0.1) is 32.0 Å². The topological polar surface area (TPSA) is 137 Å². The summed E-state index contributed by atoms with van der Waals surface area (Å²) in [4.78, 5) is 40.0. The Kier molecular flexibility index (Phi) is 12.2. The Morgan fingerprint density at radius 1 is 0.935 bits per heavy atom. The largest absolute Gasteiger partial charge is 0.481 e. The van der Waals surface area contributed by atoms with E-state index in [2.05, 4.69) is 15.9 Å². The number of aliphatic carboxylic acids is 2. The summed E-state index contributed by atoms with van der Waals surface area (Å²) in [6.45, 7) is 2.56. The molecule has 0 amide bonds. The van der Waals surface area contributed by atoms with Gasteiger partial charge in [0, 0.05) is 21.9 Å². The summed E-state index contributed by atoms with van der Waals surface area (Å²) in [5.41, 5.74) is -0.0818. The van der Waals surface area contributed by atoms with Gasteiger partial charge < -0.3 is 34.6 Å². The first-order valence-electron chi connectivity index (χ1n) is 14.7.